The highest BCUT2D eigenvalue weighted by atomic mass is 16.3. The number of amides is 1. The van der Waals surface area contributed by atoms with Crippen molar-refractivity contribution in [2.75, 3.05) is 18.0 Å². The van der Waals surface area contributed by atoms with Crippen molar-refractivity contribution in [1.29, 1.82) is 5.26 Å². The van der Waals surface area contributed by atoms with Gasteiger partial charge >= 0.3 is 0 Å². The van der Waals surface area contributed by atoms with E-state index in [0.717, 1.165) is 34.4 Å². The molecular weight excluding hydrogens is 422 g/mol. The molecule has 0 aromatic heterocycles. The lowest BCUT2D eigenvalue weighted by molar-refractivity contribution is -0.122. The molecule has 3 aromatic carbocycles. The number of anilines is 1. The third-order valence-electron chi connectivity index (χ3n) is 6.10. The van der Waals surface area contributed by atoms with Gasteiger partial charge in [0.15, 0.2) is 0 Å². The van der Waals surface area contributed by atoms with Crippen molar-refractivity contribution in [3.05, 3.63) is 101 Å². The Kier molecular flexibility index (Phi) is 6.98. The summed E-state index contributed by atoms with van der Waals surface area (Å²) in [5.41, 5.74) is 5.08. The molecule has 1 atom stereocenters. The highest BCUT2D eigenvalue weighted by Gasteiger charge is 2.34. The van der Waals surface area contributed by atoms with Crippen molar-refractivity contribution >= 4 is 17.2 Å². The molecule has 0 aliphatic carbocycles. The van der Waals surface area contributed by atoms with Gasteiger partial charge in [-0.1, -0.05) is 74.5 Å². The maximum Gasteiger partial charge on any atom is 0.247 e. The molecule has 1 unspecified atom stereocenters. The van der Waals surface area contributed by atoms with Gasteiger partial charge in [0, 0.05) is 23.4 Å². The van der Waals surface area contributed by atoms with Crippen LogP contribution in [0.4, 0.5) is 5.69 Å². The SMILES string of the molecule is CC(C)CCNC(=O)C(c1ccc(O)cc1)N1CC(C#N)=C(c2ccccc2)c2ccccc21. The van der Waals surface area contributed by atoms with E-state index >= 15 is 0 Å². The molecule has 1 aliphatic heterocycles. The van der Waals surface area contributed by atoms with Crippen LogP contribution >= 0.6 is 0 Å². The van der Waals surface area contributed by atoms with Gasteiger partial charge in [0.1, 0.15) is 11.8 Å². The average Bonchev–Trinajstić information content (AvgIpc) is 2.85. The first-order valence-electron chi connectivity index (χ1n) is 11.6. The fourth-order valence-electron chi connectivity index (χ4n) is 4.40. The normalized spacial score (nSPS) is 13.9. The van der Waals surface area contributed by atoms with Crippen molar-refractivity contribution in [3.63, 3.8) is 0 Å². The van der Waals surface area contributed by atoms with Crippen LogP contribution in [-0.2, 0) is 4.79 Å². The van der Waals surface area contributed by atoms with Gasteiger partial charge in [0.05, 0.1) is 18.2 Å². The molecule has 34 heavy (non-hydrogen) atoms. The number of hydrogen-bond acceptors (Lipinski definition) is 4. The number of aromatic hydroxyl groups is 1. The molecule has 1 amide bonds. The standard InChI is InChI=1S/C29H29N3O2/c1-20(2)16-17-31-29(34)28(22-12-14-24(33)15-13-22)32-19-23(18-30)27(21-8-4-3-5-9-21)25-10-6-7-11-26(25)32/h3-15,20,28,33H,16-17,19H2,1-2H3,(H,31,34). The Labute approximate surface area is 201 Å². The minimum absolute atomic E-state index is 0.124. The highest BCUT2D eigenvalue weighted by Crippen LogP contribution is 2.42. The van der Waals surface area contributed by atoms with Gasteiger partial charge in [-0.05, 0) is 41.7 Å². The van der Waals surface area contributed by atoms with Crippen LogP contribution in [0.25, 0.3) is 5.57 Å². The number of phenols is 1. The summed E-state index contributed by atoms with van der Waals surface area (Å²) < 4.78 is 0. The van der Waals surface area contributed by atoms with Crippen LogP contribution in [0, 0.1) is 17.2 Å². The smallest absolute Gasteiger partial charge is 0.247 e. The molecule has 5 nitrogen and oxygen atoms in total. The summed E-state index contributed by atoms with van der Waals surface area (Å²) in [6.07, 6.45) is 0.881. The van der Waals surface area contributed by atoms with Crippen molar-refractivity contribution in [1.82, 2.24) is 5.32 Å². The van der Waals surface area contributed by atoms with E-state index in [0.29, 0.717) is 24.6 Å². The molecule has 0 spiro atoms. The Hall–Kier alpha value is -4.04. The number of para-hydroxylation sites is 1. The summed E-state index contributed by atoms with van der Waals surface area (Å²) >= 11 is 0. The molecule has 2 N–H and O–H groups in total. The number of carbonyl (C=O) groups is 1. The Balaban J connectivity index is 1.81. The maximum atomic E-state index is 13.6. The highest BCUT2D eigenvalue weighted by molar-refractivity contribution is 5.95. The summed E-state index contributed by atoms with van der Waals surface area (Å²) in [6.45, 7) is 5.14. The van der Waals surface area contributed by atoms with Crippen LogP contribution in [0.2, 0.25) is 0 Å². The van der Waals surface area contributed by atoms with E-state index < -0.39 is 6.04 Å². The Bertz CT molecular complexity index is 1220. The van der Waals surface area contributed by atoms with Gasteiger partial charge in [-0.3, -0.25) is 4.79 Å². The van der Waals surface area contributed by atoms with Gasteiger partial charge < -0.3 is 15.3 Å². The van der Waals surface area contributed by atoms with Crippen molar-refractivity contribution in [3.8, 4) is 11.8 Å². The third-order valence-corrected chi connectivity index (χ3v) is 6.10. The van der Waals surface area contributed by atoms with E-state index in [1.165, 1.54) is 0 Å². The monoisotopic (exact) mass is 451 g/mol. The fraction of sp³-hybridized carbons (Fsp3) is 0.241. The van der Waals surface area contributed by atoms with E-state index in [9.17, 15) is 15.2 Å². The summed E-state index contributed by atoms with van der Waals surface area (Å²) in [6, 6.07) is 26.3. The topological polar surface area (TPSA) is 76.4 Å². The number of benzene rings is 3. The number of nitrogens with one attached hydrogen (secondary N) is 1. The molecule has 0 bridgehead atoms. The zero-order chi connectivity index (χ0) is 24.1. The zero-order valence-corrected chi connectivity index (χ0v) is 19.5. The summed E-state index contributed by atoms with van der Waals surface area (Å²) in [5, 5.41) is 23.0. The van der Waals surface area contributed by atoms with Gasteiger partial charge in [-0.15, -0.1) is 0 Å². The molecule has 172 valence electrons. The lowest BCUT2D eigenvalue weighted by Gasteiger charge is -2.38. The van der Waals surface area contributed by atoms with Crippen LogP contribution < -0.4 is 10.2 Å². The predicted octanol–water partition coefficient (Wildman–Crippen LogP) is 5.44. The summed E-state index contributed by atoms with van der Waals surface area (Å²) in [4.78, 5) is 15.5. The van der Waals surface area contributed by atoms with Crippen LogP contribution in [0.15, 0.2) is 84.4 Å². The molecule has 5 heteroatoms. The molecule has 1 heterocycles. The molecule has 1 aliphatic rings. The molecule has 3 aromatic rings. The number of fused-ring (bicyclic) bond motifs is 1. The molecule has 0 saturated heterocycles. The van der Waals surface area contributed by atoms with Crippen molar-refractivity contribution in [2.24, 2.45) is 5.92 Å². The minimum Gasteiger partial charge on any atom is -0.508 e. The van der Waals surface area contributed by atoms with Gasteiger partial charge in [-0.25, -0.2) is 0 Å². The van der Waals surface area contributed by atoms with E-state index in [1.807, 2.05) is 59.5 Å². The number of nitrogens with zero attached hydrogens (tertiary/aromatic N) is 2. The maximum absolute atomic E-state index is 13.6. The average molecular weight is 452 g/mol. The van der Waals surface area contributed by atoms with E-state index in [4.69, 9.17) is 0 Å². The number of rotatable bonds is 7. The lowest BCUT2D eigenvalue weighted by atomic mass is 9.87. The van der Waals surface area contributed by atoms with E-state index in [-0.39, 0.29) is 11.7 Å². The summed E-state index contributed by atoms with van der Waals surface area (Å²) in [7, 11) is 0. The zero-order valence-electron chi connectivity index (χ0n) is 19.5. The molecule has 4 rings (SSSR count). The summed E-state index contributed by atoms with van der Waals surface area (Å²) in [5.74, 6) is 0.497. The van der Waals surface area contributed by atoms with Crippen LogP contribution in [0.1, 0.15) is 43.0 Å². The Morgan fingerprint density at radius 1 is 1.03 bits per heavy atom. The minimum atomic E-state index is -0.644. The first kappa shape index (κ1) is 23.1. The molecule has 0 saturated carbocycles. The van der Waals surface area contributed by atoms with Crippen molar-refractivity contribution < 1.29 is 9.90 Å². The first-order chi connectivity index (χ1) is 16.5. The molecular formula is C29H29N3O2. The molecule has 0 radical (unpaired) electrons. The van der Waals surface area contributed by atoms with E-state index in [2.05, 4.69) is 25.2 Å². The van der Waals surface area contributed by atoms with Gasteiger partial charge in [0.2, 0.25) is 5.91 Å². The van der Waals surface area contributed by atoms with E-state index in [1.54, 1.807) is 24.3 Å². The Morgan fingerprint density at radius 2 is 1.71 bits per heavy atom. The van der Waals surface area contributed by atoms with Crippen molar-refractivity contribution in [2.45, 2.75) is 26.3 Å². The van der Waals surface area contributed by atoms with Gasteiger partial charge in [0.25, 0.3) is 0 Å². The largest absolute Gasteiger partial charge is 0.508 e. The van der Waals surface area contributed by atoms with Gasteiger partial charge in [-0.2, -0.15) is 5.26 Å². The molecule has 0 fully saturated rings. The Morgan fingerprint density at radius 3 is 2.38 bits per heavy atom. The first-order valence-corrected chi connectivity index (χ1v) is 11.6. The lowest BCUT2D eigenvalue weighted by Crippen LogP contribution is -2.43. The second-order valence-electron chi connectivity index (χ2n) is 8.94. The predicted molar refractivity (Wildman–Crippen MR) is 135 cm³/mol. The third kappa shape index (κ3) is 4.82. The second kappa shape index (κ2) is 10.3. The quantitative estimate of drug-likeness (QED) is 0.501. The fourth-order valence-corrected chi connectivity index (χ4v) is 4.40. The number of nitriles is 1. The van der Waals surface area contributed by atoms with Crippen LogP contribution in [-0.4, -0.2) is 24.1 Å². The number of carbonyl (C=O) groups excluding carboxylic acids is 1. The van der Waals surface area contributed by atoms with Crippen LogP contribution in [0.3, 0.4) is 0 Å². The van der Waals surface area contributed by atoms with Crippen LogP contribution in [0.5, 0.6) is 5.75 Å². The number of hydrogen-bond donors (Lipinski definition) is 2. The number of phenolic OH excluding ortho intramolecular Hbond substituents is 1. The second-order valence-corrected chi connectivity index (χ2v) is 8.94.